The van der Waals surface area contributed by atoms with Crippen LogP contribution < -0.4 is 0 Å². The van der Waals surface area contributed by atoms with Crippen LogP contribution in [0.4, 0.5) is 26.3 Å². The van der Waals surface area contributed by atoms with E-state index in [1.165, 1.54) is 16.7 Å². The number of amides is 1. The van der Waals surface area contributed by atoms with Crippen LogP contribution in [0.3, 0.4) is 0 Å². The number of carbonyl (C=O) groups excluding carboxylic acids is 1. The van der Waals surface area contributed by atoms with Crippen LogP contribution in [-0.4, -0.2) is 91.8 Å². The van der Waals surface area contributed by atoms with Gasteiger partial charge in [-0.2, -0.15) is 31.4 Å². The van der Waals surface area contributed by atoms with Crippen LogP contribution in [0.5, 0.6) is 0 Å². The van der Waals surface area contributed by atoms with Gasteiger partial charge in [0.05, 0.1) is 18.3 Å². The number of ether oxygens (including phenoxy) is 1. The van der Waals surface area contributed by atoms with E-state index < -0.39 is 24.3 Å². The van der Waals surface area contributed by atoms with Gasteiger partial charge in [-0.05, 0) is 12.5 Å². The first-order valence-electron chi connectivity index (χ1n) is 11.2. The Balaban J connectivity index is 0.000000317. The van der Waals surface area contributed by atoms with Gasteiger partial charge in [0.1, 0.15) is 6.61 Å². The van der Waals surface area contributed by atoms with E-state index in [9.17, 15) is 31.1 Å². The number of likely N-dealkylation sites (tertiary alicyclic amines) is 1. The molecule has 0 saturated carbocycles. The standard InChI is InChI=1S/C19H24N4O2.2C2HF3O2/c1-14-4-3-5-15(6-14)10-23-17-11-22(9-16-7-20-21(2)8-16)12-18(17)25-13-19(23)24;2*3-2(4,5)1(6)7/h3-8,17-18H,9-13H2,1-2H3;2*(H,6,7)/t17-,18-;;/m1../s1. The van der Waals surface area contributed by atoms with E-state index in [0.29, 0.717) is 6.54 Å². The number of aliphatic carboxylic acids is 2. The summed E-state index contributed by atoms with van der Waals surface area (Å²) in [4.78, 5) is 34.6. The van der Waals surface area contributed by atoms with Crippen molar-refractivity contribution in [3.63, 3.8) is 0 Å². The molecule has 2 saturated heterocycles. The zero-order valence-electron chi connectivity index (χ0n) is 20.7. The molecule has 16 heteroatoms. The number of halogens is 6. The van der Waals surface area contributed by atoms with Crippen molar-refractivity contribution >= 4 is 17.8 Å². The molecule has 2 aromatic rings. The summed E-state index contributed by atoms with van der Waals surface area (Å²) < 4.78 is 71.1. The predicted octanol–water partition coefficient (Wildman–Crippen LogP) is 2.61. The van der Waals surface area contributed by atoms with Crippen molar-refractivity contribution in [2.75, 3.05) is 19.7 Å². The minimum Gasteiger partial charge on any atom is -0.475 e. The van der Waals surface area contributed by atoms with Crippen molar-refractivity contribution < 1.29 is 55.7 Å². The van der Waals surface area contributed by atoms with E-state index in [1.54, 1.807) is 0 Å². The normalized spacial score (nSPS) is 19.4. The maximum atomic E-state index is 12.5. The molecule has 2 N–H and O–H groups in total. The van der Waals surface area contributed by atoms with Crippen LogP contribution in [0, 0.1) is 6.92 Å². The number of rotatable bonds is 4. The van der Waals surface area contributed by atoms with Gasteiger partial charge in [-0.15, -0.1) is 0 Å². The van der Waals surface area contributed by atoms with Gasteiger partial charge in [0.15, 0.2) is 0 Å². The molecule has 2 aliphatic rings. The summed E-state index contributed by atoms with van der Waals surface area (Å²) in [7, 11) is 1.93. The van der Waals surface area contributed by atoms with Gasteiger partial charge in [-0.3, -0.25) is 14.4 Å². The minimum atomic E-state index is -5.08. The SMILES string of the molecule is Cc1cccc(CN2C(=O)CO[C@@H]3CN(Cc4cnn(C)c4)C[C@H]32)c1.O=C(O)C(F)(F)F.O=C(O)C(F)(F)F. The number of carboxylic acids is 2. The van der Waals surface area contributed by atoms with Gasteiger partial charge in [-0.25, -0.2) is 9.59 Å². The molecule has 0 radical (unpaired) electrons. The first kappa shape index (κ1) is 31.6. The number of aromatic nitrogens is 2. The summed E-state index contributed by atoms with van der Waals surface area (Å²) in [5.41, 5.74) is 3.59. The minimum absolute atomic E-state index is 0.0889. The molecular formula is C23H26F6N4O6. The molecule has 3 heterocycles. The number of fused-ring (bicyclic) bond motifs is 1. The van der Waals surface area contributed by atoms with E-state index in [2.05, 4.69) is 41.2 Å². The lowest BCUT2D eigenvalue weighted by Gasteiger charge is -2.37. The van der Waals surface area contributed by atoms with Crippen molar-refractivity contribution in [3.05, 3.63) is 53.3 Å². The van der Waals surface area contributed by atoms with Crippen molar-refractivity contribution in [2.24, 2.45) is 7.05 Å². The highest BCUT2D eigenvalue weighted by molar-refractivity contribution is 5.78. The molecule has 2 fully saturated rings. The first-order chi connectivity index (χ1) is 18.0. The third-order valence-electron chi connectivity index (χ3n) is 5.54. The third-order valence-corrected chi connectivity index (χ3v) is 5.54. The van der Waals surface area contributed by atoms with Crippen LogP contribution in [0.25, 0.3) is 0 Å². The number of benzene rings is 1. The second-order valence-corrected chi connectivity index (χ2v) is 8.75. The fraction of sp³-hybridized carbons (Fsp3) is 0.478. The molecule has 2 aliphatic heterocycles. The predicted molar refractivity (Wildman–Crippen MR) is 121 cm³/mol. The molecule has 1 amide bonds. The van der Waals surface area contributed by atoms with Gasteiger partial charge in [0.2, 0.25) is 5.91 Å². The zero-order valence-corrected chi connectivity index (χ0v) is 20.7. The van der Waals surface area contributed by atoms with Crippen molar-refractivity contribution in [1.82, 2.24) is 19.6 Å². The number of aryl methyl sites for hydroxylation is 2. The Morgan fingerprint density at radius 2 is 1.62 bits per heavy atom. The molecule has 216 valence electrons. The molecule has 4 rings (SSSR count). The lowest BCUT2D eigenvalue weighted by molar-refractivity contribution is -0.193. The van der Waals surface area contributed by atoms with E-state index in [1.807, 2.05) is 29.0 Å². The Bertz CT molecular complexity index is 1130. The number of hydrogen-bond donors (Lipinski definition) is 2. The summed E-state index contributed by atoms with van der Waals surface area (Å²) in [5.74, 6) is -5.43. The molecule has 2 atom stereocenters. The van der Waals surface area contributed by atoms with E-state index in [-0.39, 0.29) is 24.7 Å². The molecule has 1 aromatic heterocycles. The monoisotopic (exact) mass is 568 g/mol. The van der Waals surface area contributed by atoms with E-state index >= 15 is 0 Å². The second kappa shape index (κ2) is 12.9. The molecular weight excluding hydrogens is 542 g/mol. The molecule has 0 unspecified atom stereocenters. The van der Waals surface area contributed by atoms with Gasteiger partial charge < -0.3 is 19.8 Å². The summed E-state index contributed by atoms with van der Waals surface area (Å²) >= 11 is 0. The number of alkyl halides is 6. The number of morpholine rings is 1. The fourth-order valence-corrected chi connectivity index (χ4v) is 3.90. The van der Waals surface area contributed by atoms with Gasteiger partial charge >= 0.3 is 24.3 Å². The van der Waals surface area contributed by atoms with Crippen molar-refractivity contribution in [1.29, 1.82) is 0 Å². The van der Waals surface area contributed by atoms with Gasteiger partial charge in [0, 0.05) is 45.0 Å². The fourth-order valence-electron chi connectivity index (χ4n) is 3.90. The van der Waals surface area contributed by atoms with Crippen LogP contribution in [-0.2, 0) is 39.3 Å². The van der Waals surface area contributed by atoms with Crippen LogP contribution in [0.1, 0.15) is 16.7 Å². The average molecular weight is 568 g/mol. The van der Waals surface area contributed by atoms with Gasteiger partial charge in [-0.1, -0.05) is 29.8 Å². The smallest absolute Gasteiger partial charge is 0.475 e. The summed E-state index contributed by atoms with van der Waals surface area (Å²) in [6.45, 7) is 5.48. The van der Waals surface area contributed by atoms with Crippen LogP contribution >= 0.6 is 0 Å². The maximum absolute atomic E-state index is 12.5. The Hall–Kier alpha value is -3.66. The average Bonchev–Trinajstić information content (AvgIpc) is 3.41. The third kappa shape index (κ3) is 9.86. The summed E-state index contributed by atoms with van der Waals surface area (Å²) in [6.07, 6.45) is -6.13. The Labute approximate surface area is 218 Å². The molecule has 10 nitrogen and oxygen atoms in total. The second-order valence-electron chi connectivity index (χ2n) is 8.75. The largest absolute Gasteiger partial charge is 0.490 e. The Kier molecular flexibility index (Phi) is 10.5. The first-order valence-corrected chi connectivity index (χ1v) is 11.2. The number of carbonyl (C=O) groups is 3. The number of nitrogens with zero attached hydrogens (tertiary/aromatic N) is 4. The van der Waals surface area contributed by atoms with Gasteiger partial charge in [0.25, 0.3) is 0 Å². The van der Waals surface area contributed by atoms with Crippen LogP contribution in [0.15, 0.2) is 36.7 Å². The van der Waals surface area contributed by atoms with Crippen molar-refractivity contribution in [3.8, 4) is 0 Å². The molecule has 0 aliphatic carbocycles. The molecule has 1 aromatic carbocycles. The van der Waals surface area contributed by atoms with E-state index in [0.717, 1.165) is 19.6 Å². The highest BCUT2D eigenvalue weighted by Gasteiger charge is 2.43. The van der Waals surface area contributed by atoms with Crippen LogP contribution in [0.2, 0.25) is 0 Å². The van der Waals surface area contributed by atoms with E-state index in [4.69, 9.17) is 24.5 Å². The zero-order chi connectivity index (χ0) is 29.5. The Morgan fingerprint density at radius 3 is 2.10 bits per heavy atom. The lowest BCUT2D eigenvalue weighted by Crippen LogP contribution is -2.53. The van der Waals surface area contributed by atoms with Crippen molar-refractivity contribution in [2.45, 2.75) is 44.5 Å². The quantitative estimate of drug-likeness (QED) is 0.540. The number of carboxylic acid groups (broad SMARTS) is 2. The molecule has 0 spiro atoms. The highest BCUT2D eigenvalue weighted by Crippen LogP contribution is 2.26. The summed E-state index contributed by atoms with van der Waals surface area (Å²) in [5, 5.41) is 18.5. The maximum Gasteiger partial charge on any atom is 0.490 e. The highest BCUT2D eigenvalue weighted by atomic mass is 19.4. The molecule has 0 bridgehead atoms. The molecule has 39 heavy (non-hydrogen) atoms. The topological polar surface area (TPSA) is 125 Å². The number of hydrogen-bond acceptors (Lipinski definition) is 6. The summed E-state index contributed by atoms with van der Waals surface area (Å²) in [6, 6.07) is 8.50. The Morgan fingerprint density at radius 1 is 1.03 bits per heavy atom. The lowest BCUT2D eigenvalue weighted by atomic mass is 10.1.